The number of alkyl halides is 3. The number of ether oxygens (including phenoxy) is 1. The van der Waals surface area contributed by atoms with E-state index in [9.17, 15) is 18.0 Å². The van der Waals surface area contributed by atoms with Gasteiger partial charge in [0.25, 0.3) is 0 Å². The average Bonchev–Trinajstić information content (AvgIpc) is 3.10. The zero-order valence-electron chi connectivity index (χ0n) is 17.2. The van der Waals surface area contributed by atoms with Gasteiger partial charge in [-0.15, -0.1) is 0 Å². The summed E-state index contributed by atoms with van der Waals surface area (Å²) in [5, 5.41) is 1.98. The molecule has 1 aromatic heterocycles. The van der Waals surface area contributed by atoms with Crippen molar-refractivity contribution in [2.24, 2.45) is 0 Å². The van der Waals surface area contributed by atoms with Gasteiger partial charge in [-0.2, -0.15) is 8.78 Å². The van der Waals surface area contributed by atoms with E-state index in [0.717, 1.165) is 35.3 Å². The number of halogens is 3. The van der Waals surface area contributed by atoms with Crippen LogP contribution in [0.5, 0.6) is 5.75 Å². The maximum Gasteiger partial charge on any atom is 0.311 e. The highest BCUT2D eigenvalue weighted by atomic mass is 19.3. The molecule has 0 aliphatic rings. The average molecular weight is 425 g/mol. The third-order valence-electron chi connectivity index (χ3n) is 5.48. The molecule has 6 heteroatoms. The Labute approximate surface area is 178 Å². The summed E-state index contributed by atoms with van der Waals surface area (Å²) in [6.45, 7) is 2.49. The van der Waals surface area contributed by atoms with Gasteiger partial charge in [-0.25, -0.2) is 4.39 Å². The third kappa shape index (κ3) is 3.78. The molecule has 0 aliphatic carbocycles. The van der Waals surface area contributed by atoms with Crippen LogP contribution < -0.4 is 4.74 Å². The van der Waals surface area contributed by atoms with E-state index in [0.29, 0.717) is 5.56 Å². The van der Waals surface area contributed by atoms with Crippen LogP contribution in [-0.2, 0) is 6.54 Å². The summed E-state index contributed by atoms with van der Waals surface area (Å²) in [6, 6.07) is 19.6. The Hall–Kier alpha value is -3.28. The summed E-state index contributed by atoms with van der Waals surface area (Å²) in [6.07, 6.45) is -2.35. The highest BCUT2D eigenvalue weighted by Gasteiger charge is 2.38. The number of fused-ring (bicyclic) bond motifs is 3. The van der Waals surface area contributed by atoms with E-state index in [1.807, 2.05) is 36.4 Å². The molecule has 1 unspecified atom stereocenters. The first-order chi connectivity index (χ1) is 14.8. The molecule has 0 amide bonds. The van der Waals surface area contributed by atoms with Gasteiger partial charge in [-0.3, -0.25) is 4.79 Å². The van der Waals surface area contributed by atoms with Crippen molar-refractivity contribution in [2.45, 2.75) is 32.5 Å². The molecule has 0 aliphatic heterocycles. The summed E-state index contributed by atoms with van der Waals surface area (Å²) in [5.41, 5.74) is 2.67. The minimum atomic E-state index is -3.64. The first-order valence-corrected chi connectivity index (χ1v) is 10.1. The monoisotopic (exact) mass is 425 g/mol. The number of para-hydroxylation sites is 2. The van der Waals surface area contributed by atoms with E-state index in [-0.39, 0.29) is 17.1 Å². The normalized spacial score (nSPS) is 12.9. The number of aryl methyl sites for hydroxylation is 1. The number of carbonyl (C=O) groups is 1. The molecule has 0 radical (unpaired) electrons. The molecule has 1 heterocycles. The molecular formula is C25H22F3NO2. The van der Waals surface area contributed by atoms with Gasteiger partial charge in [0.05, 0.1) is 5.56 Å². The van der Waals surface area contributed by atoms with E-state index in [1.54, 1.807) is 18.2 Å². The van der Waals surface area contributed by atoms with Crippen LogP contribution in [0.3, 0.4) is 0 Å². The van der Waals surface area contributed by atoms with Gasteiger partial charge < -0.3 is 9.30 Å². The Morgan fingerprint density at radius 3 is 2.42 bits per heavy atom. The largest absolute Gasteiger partial charge is 0.486 e. The molecule has 31 heavy (non-hydrogen) atoms. The SMILES string of the molecule is CCn1c2ccccc2c2cc(C(=O)c3ccccc3OCC(F)(F)C(C)F)ccc21. The van der Waals surface area contributed by atoms with Crippen molar-refractivity contribution in [1.29, 1.82) is 0 Å². The smallest absolute Gasteiger partial charge is 0.311 e. The number of hydrogen-bond donors (Lipinski definition) is 0. The highest BCUT2D eigenvalue weighted by molar-refractivity contribution is 6.15. The summed E-state index contributed by atoms with van der Waals surface area (Å²) >= 11 is 0. The van der Waals surface area contributed by atoms with Crippen molar-refractivity contribution < 1.29 is 22.7 Å². The summed E-state index contributed by atoms with van der Waals surface area (Å²) in [7, 11) is 0. The number of carbonyl (C=O) groups excluding carboxylic acids is 1. The number of ketones is 1. The molecule has 0 fully saturated rings. The van der Waals surface area contributed by atoms with Gasteiger partial charge in [0, 0.05) is 33.9 Å². The van der Waals surface area contributed by atoms with Crippen molar-refractivity contribution in [3.8, 4) is 5.75 Å². The molecule has 3 nitrogen and oxygen atoms in total. The molecule has 0 saturated heterocycles. The summed E-state index contributed by atoms with van der Waals surface area (Å²) in [5.74, 6) is -3.98. The van der Waals surface area contributed by atoms with Crippen LogP contribution in [0, 0.1) is 0 Å². The second-order valence-electron chi connectivity index (χ2n) is 7.48. The molecule has 3 aromatic carbocycles. The molecule has 4 rings (SSSR count). The molecule has 0 saturated carbocycles. The quantitative estimate of drug-likeness (QED) is 0.320. The fraction of sp³-hybridized carbons (Fsp3) is 0.240. The number of benzene rings is 3. The molecule has 0 N–H and O–H groups in total. The molecule has 160 valence electrons. The molecule has 0 spiro atoms. The van der Waals surface area contributed by atoms with E-state index in [1.165, 1.54) is 12.1 Å². The molecule has 1 atom stereocenters. The second kappa shape index (κ2) is 8.10. The molecule has 4 aromatic rings. The maximum absolute atomic E-state index is 13.7. The van der Waals surface area contributed by atoms with Gasteiger partial charge in [-0.05, 0) is 50.2 Å². The minimum Gasteiger partial charge on any atom is -0.486 e. The summed E-state index contributed by atoms with van der Waals surface area (Å²) < 4.78 is 47.8. The number of hydrogen-bond acceptors (Lipinski definition) is 2. The van der Waals surface area contributed by atoms with Crippen molar-refractivity contribution in [3.63, 3.8) is 0 Å². The van der Waals surface area contributed by atoms with Crippen LogP contribution in [0.25, 0.3) is 21.8 Å². The molecular weight excluding hydrogens is 403 g/mol. The van der Waals surface area contributed by atoms with Crippen LogP contribution in [0.2, 0.25) is 0 Å². The predicted molar refractivity (Wildman–Crippen MR) is 116 cm³/mol. The van der Waals surface area contributed by atoms with Gasteiger partial charge >= 0.3 is 5.92 Å². The van der Waals surface area contributed by atoms with Gasteiger partial charge in [0.2, 0.25) is 0 Å². The van der Waals surface area contributed by atoms with Crippen LogP contribution in [-0.4, -0.2) is 29.1 Å². The van der Waals surface area contributed by atoms with Crippen LogP contribution in [0.1, 0.15) is 29.8 Å². The topological polar surface area (TPSA) is 31.2 Å². The fourth-order valence-electron chi connectivity index (χ4n) is 3.76. The second-order valence-corrected chi connectivity index (χ2v) is 7.48. The zero-order chi connectivity index (χ0) is 22.2. The first-order valence-electron chi connectivity index (χ1n) is 10.1. The number of nitrogens with zero attached hydrogens (tertiary/aromatic N) is 1. The number of aromatic nitrogens is 1. The van der Waals surface area contributed by atoms with Crippen LogP contribution in [0.4, 0.5) is 13.2 Å². The number of rotatable bonds is 7. The van der Waals surface area contributed by atoms with Gasteiger partial charge in [-0.1, -0.05) is 30.3 Å². The Morgan fingerprint density at radius 1 is 1.00 bits per heavy atom. The van der Waals surface area contributed by atoms with Gasteiger partial charge in [0.1, 0.15) is 5.75 Å². The maximum atomic E-state index is 13.7. The zero-order valence-corrected chi connectivity index (χ0v) is 17.2. The van der Waals surface area contributed by atoms with Crippen molar-refractivity contribution >= 4 is 27.6 Å². The van der Waals surface area contributed by atoms with E-state index in [4.69, 9.17) is 4.74 Å². The van der Waals surface area contributed by atoms with E-state index >= 15 is 0 Å². The standard InChI is InChI=1S/C25H22F3NO2/c1-3-29-21-10-6-4-8-18(21)20-14-17(12-13-22(20)29)24(30)19-9-5-7-11-23(19)31-15-25(27,28)16(2)26/h4-14,16H,3,15H2,1-2H3. The van der Waals surface area contributed by atoms with Gasteiger partial charge in [0.15, 0.2) is 18.6 Å². The lowest BCUT2D eigenvalue weighted by Gasteiger charge is -2.19. The van der Waals surface area contributed by atoms with Crippen molar-refractivity contribution in [1.82, 2.24) is 4.57 Å². The molecule has 0 bridgehead atoms. The van der Waals surface area contributed by atoms with E-state index in [2.05, 4.69) is 11.5 Å². The minimum absolute atomic E-state index is 0.00362. The first kappa shape index (κ1) is 21.0. The predicted octanol–water partition coefficient (Wildman–Crippen LogP) is 6.42. The van der Waals surface area contributed by atoms with E-state index < -0.39 is 18.7 Å². The Kier molecular flexibility index (Phi) is 5.48. The third-order valence-corrected chi connectivity index (χ3v) is 5.48. The Morgan fingerprint density at radius 2 is 1.68 bits per heavy atom. The lowest BCUT2D eigenvalue weighted by molar-refractivity contribution is -0.0941. The van der Waals surface area contributed by atoms with Crippen LogP contribution >= 0.6 is 0 Å². The summed E-state index contributed by atoms with van der Waals surface area (Å²) in [4.78, 5) is 13.2. The lowest BCUT2D eigenvalue weighted by atomic mass is 10.0. The lowest BCUT2D eigenvalue weighted by Crippen LogP contribution is -2.34. The van der Waals surface area contributed by atoms with Crippen LogP contribution in [0.15, 0.2) is 66.7 Å². The fourth-order valence-corrected chi connectivity index (χ4v) is 3.76. The highest BCUT2D eigenvalue weighted by Crippen LogP contribution is 2.31. The Bertz CT molecular complexity index is 1260. The van der Waals surface area contributed by atoms with Crippen molar-refractivity contribution in [3.05, 3.63) is 77.9 Å². The Balaban J connectivity index is 1.73. The van der Waals surface area contributed by atoms with Crippen molar-refractivity contribution in [2.75, 3.05) is 6.61 Å².